The fraction of sp³-hybridized carbons (Fsp3) is 0.275. The van der Waals surface area contributed by atoms with Crippen LogP contribution in [0.5, 0.6) is 11.5 Å². The predicted molar refractivity (Wildman–Crippen MR) is 208 cm³/mol. The zero-order chi connectivity index (χ0) is 39.5. The van der Waals surface area contributed by atoms with E-state index in [0.717, 1.165) is 11.4 Å². The molecule has 0 spiro atoms. The maximum Gasteiger partial charge on any atom is 0.261 e. The molecule has 16 nitrogen and oxygen atoms in total. The van der Waals surface area contributed by atoms with Crippen molar-refractivity contribution < 1.29 is 33.1 Å². The minimum atomic E-state index is -0.489. The van der Waals surface area contributed by atoms with Crippen LogP contribution in [0.15, 0.2) is 79.1 Å². The van der Waals surface area contributed by atoms with E-state index in [9.17, 15) is 28.4 Å². The van der Waals surface area contributed by atoms with Crippen molar-refractivity contribution >= 4 is 58.1 Å². The van der Waals surface area contributed by atoms with Gasteiger partial charge in [-0.2, -0.15) is 5.10 Å². The molecule has 5 N–H and O–H groups in total. The lowest BCUT2D eigenvalue weighted by Crippen LogP contribution is -2.49. The molecule has 5 aromatic rings. The molecule has 2 aromatic heterocycles. The zero-order valence-electron chi connectivity index (χ0n) is 30.7. The van der Waals surface area contributed by atoms with Gasteiger partial charge < -0.3 is 35.8 Å². The first-order valence-corrected chi connectivity index (χ1v) is 18.7. The highest BCUT2D eigenvalue weighted by atomic mass is 19.1. The van der Waals surface area contributed by atoms with E-state index in [-0.39, 0.29) is 59.8 Å². The number of halogens is 1. The SMILES string of the molecule is O=C1CCC(Nc2ccc(N3CCN(C(=O)CCCNC(=O)c4ccc5c(c4)Oc4ccc(F)cc4CNc4ccn6ncc(c6n4)C(=O)N5)CC3)cc2)C(=O)N1. The van der Waals surface area contributed by atoms with Crippen LogP contribution in [0.25, 0.3) is 5.65 Å². The number of benzene rings is 3. The molecule has 2 fully saturated rings. The average molecular weight is 775 g/mol. The summed E-state index contributed by atoms with van der Waals surface area (Å²) in [6.07, 6.45) is 4.53. The summed E-state index contributed by atoms with van der Waals surface area (Å²) < 4.78 is 22.1. The van der Waals surface area contributed by atoms with E-state index in [2.05, 4.69) is 41.6 Å². The van der Waals surface area contributed by atoms with Crippen molar-refractivity contribution in [3.63, 3.8) is 0 Å². The second-order valence-electron chi connectivity index (χ2n) is 13.9. The van der Waals surface area contributed by atoms with Crippen LogP contribution in [-0.2, 0) is 20.9 Å². The molecule has 3 aliphatic heterocycles. The second-order valence-corrected chi connectivity index (χ2v) is 13.9. The van der Waals surface area contributed by atoms with E-state index in [1.165, 1.54) is 35.0 Å². The van der Waals surface area contributed by atoms with Crippen LogP contribution in [-0.4, -0.2) is 87.8 Å². The molecule has 17 heteroatoms. The third-order valence-corrected chi connectivity index (χ3v) is 10.1. The number of imide groups is 1. The normalized spacial score (nSPS) is 16.8. The molecule has 2 bridgehead atoms. The number of hydrogen-bond donors (Lipinski definition) is 5. The lowest BCUT2D eigenvalue weighted by atomic mass is 10.1. The monoisotopic (exact) mass is 774 g/mol. The van der Waals surface area contributed by atoms with E-state index in [1.807, 2.05) is 29.2 Å². The quantitative estimate of drug-likeness (QED) is 0.114. The van der Waals surface area contributed by atoms with Crippen LogP contribution in [0, 0.1) is 5.82 Å². The van der Waals surface area contributed by atoms with Gasteiger partial charge in [0.25, 0.3) is 11.8 Å². The Balaban J connectivity index is 0.850. The van der Waals surface area contributed by atoms with Crippen LogP contribution in [0.3, 0.4) is 0 Å². The Morgan fingerprint density at radius 2 is 1.75 bits per heavy atom. The first-order valence-electron chi connectivity index (χ1n) is 18.7. The molecule has 5 amide bonds. The maximum atomic E-state index is 14.4. The predicted octanol–water partition coefficient (Wildman–Crippen LogP) is 3.91. The van der Waals surface area contributed by atoms with Gasteiger partial charge in [-0.15, -0.1) is 0 Å². The van der Waals surface area contributed by atoms with E-state index >= 15 is 0 Å². The summed E-state index contributed by atoms with van der Waals surface area (Å²) >= 11 is 0. The average Bonchev–Trinajstić information content (AvgIpc) is 3.65. The lowest BCUT2D eigenvalue weighted by molar-refractivity contribution is -0.134. The van der Waals surface area contributed by atoms with Crippen LogP contribution in [0.4, 0.5) is 27.3 Å². The van der Waals surface area contributed by atoms with Gasteiger partial charge in [-0.05, 0) is 79.6 Å². The number of hydrogen-bond acceptors (Lipinski definition) is 11. The number of anilines is 4. The smallest absolute Gasteiger partial charge is 0.261 e. The van der Waals surface area contributed by atoms with Gasteiger partial charge in [0.2, 0.25) is 17.7 Å². The maximum absolute atomic E-state index is 14.4. The molecule has 0 radical (unpaired) electrons. The topological polar surface area (TPSA) is 191 Å². The van der Waals surface area contributed by atoms with E-state index in [4.69, 9.17) is 4.74 Å². The number of rotatable bonds is 8. The Hall–Kier alpha value is -7.04. The molecule has 57 heavy (non-hydrogen) atoms. The Bertz CT molecular complexity index is 2380. The largest absolute Gasteiger partial charge is 0.455 e. The highest BCUT2D eigenvalue weighted by Crippen LogP contribution is 2.34. The molecule has 292 valence electrons. The molecule has 8 rings (SSSR count). The summed E-state index contributed by atoms with van der Waals surface area (Å²) in [5.74, 6) is -0.970. The molecule has 3 aliphatic rings. The van der Waals surface area contributed by atoms with Crippen LogP contribution in [0.2, 0.25) is 0 Å². The summed E-state index contributed by atoms with van der Waals surface area (Å²) in [5, 5.41) is 18.6. The summed E-state index contributed by atoms with van der Waals surface area (Å²) in [7, 11) is 0. The van der Waals surface area contributed by atoms with Gasteiger partial charge in [-0.1, -0.05) is 0 Å². The summed E-state index contributed by atoms with van der Waals surface area (Å²) in [6, 6.07) is 17.7. The molecule has 2 saturated heterocycles. The summed E-state index contributed by atoms with van der Waals surface area (Å²) in [6.45, 7) is 2.87. The Kier molecular flexibility index (Phi) is 10.3. The van der Waals surface area contributed by atoms with Gasteiger partial charge in [0.15, 0.2) is 11.4 Å². The van der Waals surface area contributed by atoms with E-state index in [1.54, 1.807) is 24.4 Å². The molecule has 1 atom stereocenters. The molecule has 0 saturated carbocycles. The molecular weight excluding hydrogens is 736 g/mol. The number of piperidine rings is 1. The highest BCUT2D eigenvalue weighted by Gasteiger charge is 2.27. The molecule has 1 unspecified atom stereocenters. The molecule has 5 heterocycles. The van der Waals surface area contributed by atoms with Gasteiger partial charge in [0.05, 0.1) is 11.9 Å². The zero-order valence-corrected chi connectivity index (χ0v) is 30.7. The van der Waals surface area contributed by atoms with Crippen molar-refractivity contribution in [2.75, 3.05) is 53.6 Å². The van der Waals surface area contributed by atoms with Gasteiger partial charge >= 0.3 is 0 Å². The number of nitrogens with zero attached hydrogens (tertiary/aromatic N) is 5. The van der Waals surface area contributed by atoms with E-state index in [0.29, 0.717) is 68.2 Å². The summed E-state index contributed by atoms with van der Waals surface area (Å²) in [4.78, 5) is 71.8. The first kappa shape index (κ1) is 36.9. The Morgan fingerprint density at radius 1 is 0.930 bits per heavy atom. The van der Waals surface area contributed by atoms with Crippen LogP contribution in [0.1, 0.15) is 52.0 Å². The molecular formula is C40H39FN10O6. The number of amides is 5. The lowest BCUT2D eigenvalue weighted by Gasteiger charge is -2.36. The third-order valence-electron chi connectivity index (χ3n) is 10.1. The third kappa shape index (κ3) is 8.31. The minimum Gasteiger partial charge on any atom is -0.455 e. The molecule has 0 aliphatic carbocycles. The first-order chi connectivity index (χ1) is 27.7. The van der Waals surface area contributed by atoms with Gasteiger partial charge in [-0.25, -0.2) is 13.9 Å². The van der Waals surface area contributed by atoms with Crippen molar-refractivity contribution in [3.8, 4) is 11.5 Å². The van der Waals surface area contributed by atoms with Gasteiger partial charge in [0, 0.05) is 80.8 Å². The number of carbonyl (C=O) groups is 5. The highest BCUT2D eigenvalue weighted by molar-refractivity contribution is 6.09. The summed E-state index contributed by atoms with van der Waals surface area (Å²) in [5.41, 5.74) is 3.36. The van der Waals surface area contributed by atoms with Crippen LogP contribution < -0.4 is 36.2 Å². The number of piperazine rings is 1. The number of ether oxygens (including phenoxy) is 1. The van der Waals surface area contributed by atoms with E-state index < -0.39 is 23.7 Å². The van der Waals surface area contributed by atoms with Crippen molar-refractivity contribution in [3.05, 3.63) is 102 Å². The second kappa shape index (κ2) is 16.0. The standard InChI is InChI=1S/C40H39FN10O6/c41-26-4-11-32-25(20-26)22-43-34-13-15-51-37(47-34)29(23-44-51)39(55)46-30-9-3-24(21-33(30)57-32)38(54)42-14-1-2-36(53)50-18-16-49(17-19-50)28-7-5-27(6-8-28)45-31-10-12-35(52)48-40(31)56/h3-9,11,13,15,20-21,23,31,45H,1-2,10,12,14,16-19,22H2,(H,42,54)(H,43,47)(H,46,55)(H,48,52,56). The number of nitrogens with one attached hydrogen (secondary N) is 5. The minimum absolute atomic E-state index is 0.00869. The fourth-order valence-electron chi connectivity index (χ4n) is 6.98. The number of fused-ring (bicyclic) bond motifs is 3. The number of carbonyl (C=O) groups excluding carboxylic acids is 5. The van der Waals surface area contributed by atoms with Crippen LogP contribution >= 0.6 is 0 Å². The van der Waals surface area contributed by atoms with Crippen molar-refractivity contribution in [2.24, 2.45) is 0 Å². The number of aromatic nitrogens is 3. The van der Waals surface area contributed by atoms with Crippen molar-refractivity contribution in [1.29, 1.82) is 0 Å². The molecule has 3 aromatic carbocycles. The Labute approximate surface area is 325 Å². The van der Waals surface area contributed by atoms with Gasteiger partial charge in [-0.3, -0.25) is 29.3 Å². The van der Waals surface area contributed by atoms with Crippen molar-refractivity contribution in [1.82, 2.24) is 30.1 Å². The van der Waals surface area contributed by atoms with Gasteiger partial charge in [0.1, 0.15) is 29.0 Å². The Morgan fingerprint density at radius 3 is 2.56 bits per heavy atom. The van der Waals surface area contributed by atoms with Crippen molar-refractivity contribution in [2.45, 2.75) is 38.3 Å². The fourth-order valence-corrected chi connectivity index (χ4v) is 6.98.